The maximum Gasteiger partial charge on any atom is 1.00 e. The number of esters is 2. The molecule has 140 valence electrons. The topological polar surface area (TPSA) is 99.7 Å². The molecule has 2 saturated carbocycles. The van der Waals surface area contributed by atoms with Crippen molar-refractivity contribution >= 4 is 41.4 Å². The maximum atomic E-state index is 11.3. The summed E-state index contributed by atoms with van der Waals surface area (Å²) in [5.41, 5.74) is 0. The van der Waals surface area contributed by atoms with E-state index in [0.29, 0.717) is 0 Å². The number of rotatable bonds is 3. The molecule has 0 bridgehead atoms. The van der Waals surface area contributed by atoms with Crippen LogP contribution >= 0.6 is 24.4 Å². The van der Waals surface area contributed by atoms with Crippen molar-refractivity contribution in [3.63, 3.8) is 0 Å². The van der Waals surface area contributed by atoms with Gasteiger partial charge in [-0.15, -0.1) is 0 Å². The van der Waals surface area contributed by atoms with Crippen molar-refractivity contribution in [3.8, 4) is 0 Å². The van der Waals surface area contributed by atoms with Crippen LogP contribution in [0.25, 0.3) is 0 Å². The largest absolute Gasteiger partial charge is 1.00 e. The van der Waals surface area contributed by atoms with E-state index in [9.17, 15) is 14.4 Å². The molecule has 1 N–H and O–H groups in total. The van der Waals surface area contributed by atoms with Crippen molar-refractivity contribution in [1.29, 1.82) is 0 Å². The third-order valence-electron chi connectivity index (χ3n) is 4.26. The number of carbonyl (C=O) groups is 3. The molecule has 0 spiro atoms. The Labute approximate surface area is 171 Å². The Morgan fingerprint density at radius 2 is 1.40 bits per heavy atom. The predicted octanol–water partition coefficient (Wildman–Crippen LogP) is -0.307. The standard InChI is InChI=1S/C9H14O3S.C7H12O2S.Li.H2O/c1-6(10)13-8-5-3-4-7(8)9(11)12-2;1-9-7(8)5-3-2-4-6(5)10;;/h7-8H,3-5H2,1-2H3;5-6,10H,2-4H2,1H3;;1H2/q;;+1;/p-1/t7-,8+;5-,6+;;/m00../s1. The van der Waals surface area contributed by atoms with E-state index in [1.165, 1.54) is 32.9 Å². The molecule has 0 radical (unpaired) electrons. The summed E-state index contributed by atoms with van der Waals surface area (Å²) in [5, 5.41) is 0.457. The third-order valence-corrected chi connectivity index (χ3v) is 6.07. The number of thiol groups is 1. The van der Waals surface area contributed by atoms with Crippen LogP contribution in [-0.4, -0.2) is 47.2 Å². The third kappa shape index (κ3) is 8.87. The number of hydrogen-bond acceptors (Lipinski definition) is 8. The van der Waals surface area contributed by atoms with Crippen molar-refractivity contribution in [2.24, 2.45) is 11.8 Å². The number of ether oxygens (including phenoxy) is 2. The van der Waals surface area contributed by atoms with E-state index in [1.807, 2.05) is 0 Å². The van der Waals surface area contributed by atoms with Crippen LogP contribution in [-0.2, 0) is 23.9 Å². The van der Waals surface area contributed by atoms with E-state index < -0.39 is 0 Å². The molecule has 0 amide bonds. The molecule has 2 aliphatic rings. The zero-order chi connectivity index (χ0) is 17.4. The summed E-state index contributed by atoms with van der Waals surface area (Å²) in [6, 6.07) is 0. The fourth-order valence-corrected chi connectivity index (χ4v) is 4.64. The SMILES string of the molecule is COC(=O)[C@H]1CCC[C@H]1S.COC(=O)[C@H]1CCC[C@H]1SC(C)=O.[Li+].[OH-]. The first-order valence-corrected chi connectivity index (χ1v) is 9.31. The van der Waals surface area contributed by atoms with E-state index in [-0.39, 0.29) is 63.7 Å². The van der Waals surface area contributed by atoms with Crippen LogP contribution in [0.1, 0.15) is 45.4 Å². The van der Waals surface area contributed by atoms with Gasteiger partial charge in [0.15, 0.2) is 5.12 Å². The Hall–Kier alpha value is -0.133. The second-order valence-electron chi connectivity index (χ2n) is 5.84. The van der Waals surface area contributed by atoms with Crippen LogP contribution in [0.3, 0.4) is 0 Å². The summed E-state index contributed by atoms with van der Waals surface area (Å²) < 4.78 is 9.30. The van der Waals surface area contributed by atoms with E-state index >= 15 is 0 Å². The van der Waals surface area contributed by atoms with Gasteiger partial charge in [0, 0.05) is 17.4 Å². The van der Waals surface area contributed by atoms with Crippen LogP contribution < -0.4 is 18.9 Å². The number of carbonyl (C=O) groups excluding carboxylic acids is 3. The average Bonchev–Trinajstić information content (AvgIpc) is 3.14. The van der Waals surface area contributed by atoms with Gasteiger partial charge in [0.1, 0.15) is 0 Å². The minimum atomic E-state index is -0.170. The van der Waals surface area contributed by atoms with E-state index in [2.05, 4.69) is 22.1 Å². The van der Waals surface area contributed by atoms with E-state index in [0.717, 1.165) is 38.5 Å². The van der Waals surface area contributed by atoms with Gasteiger partial charge in [-0.05, 0) is 25.7 Å². The van der Waals surface area contributed by atoms with Crippen molar-refractivity contribution < 1.29 is 48.2 Å². The molecule has 0 unspecified atom stereocenters. The summed E-state index contributed by atoms with van der Waals surface area (Å²) in [7, 11) is 2.83. The minimum Gasteiger partial charge on any atom is -0.870 e. The molecule has 9 heteroatoms. The Bertz CT molecular complexity index is 435. The predicted molar refractivity (Wildman–Crippen MR) is 95.5 cm³/mol. The molecular weight excluding hydrogens is 359 g/mol. The fraction of sp³-hybridized carbons (Fsp3) is 0.812. The van der Waals surface area contributed by atoms with Gasteiger partial charge in [-0.25, -0.2) is 0 Å². The molecule has 25 heavy (non-hydrogen) atoms. The Morgan fingerprint density at radius 1 is 0.920 bits per heavy atom. The molecule has 0 aromatic rings. The van der Waals surface area contributed by atoms with E-state index in [1.54, 1.807) is 0 Å². The average molecular weight is 386 g/mol. The van der Waals surface area contributed by atoms with Crippen molar-refractivity contribution in [3.05, 3.63) is 0 Å². The Morgan fingerprint density at radius 3 is 1.84 bits per heavy atom. The van der Waals surface area contributed by atoms with Gasteiger partial charge in [-0.2, -0.15) is 12.6 Å². The van der Waals surface area contributed by atoms with Gasteiger partial charge in [-0.1, -0.05) is 24.6 Å². The molecule has 6 nitrogen and oxygen atoms in total. The number of thioether (sulfide) groups is 1. The molecule has 0 aliphatic heterocycles. The van der Waals surface area contributed by atoms with Crippen LogP contribution in [0.15, 0.2) is 0 Å². The monoisotopic (exact) mass is 386 g/mol. The quantitative estimate of drug-likeness (QED) is 0.404. The molecule has 4 atom stereocenters. The first-order chi connectivity index (χ1) is 10.9. The van der Waals surface area contributed by atoms with Crippen LogP contribution in [0.4, 0.5) is 0 Å². The second-order valence-corrected chi connectivity index (χ2v) is 7.92. The summed E-state index contributed by atoms with van der Waals surface area (Å²) in [6.07, 6.45) is 5.92. The summed E-state index contributed by atoms with van der Waals surface area (Å²) in [5.74, 6) is -0.291. The summed E-state index contributed by atoms with van der Waals surface area (Å²) in [6.45, 7) is 1.54. The summed E-state index contributed by atoms with van der Waals surface area (Å²) >= 11 is 5.55. The smallest absolute Gasteiger partial charge is 0.870 e. The number of methoxy groups -OCH3 is 2. The van der Waals surface area contributed by atoms with Crippen LogP contribution in [0.2, 0.25) is 0 Å². The normalized spacial score (nSPS) is 27.0. The molecule has 0 aromatic heterocycles. The molecule has 0 saturated heterocycles. The number of hydrogen-bond donors (Lipinski definition) is 1. The Balaban J connectivity index is 0. The van der Waals surface area contributed by atoms with Gasteiger partial charge in [-0.3, -0.25) is 14.4 Å². The summed E-state index contributed by atoms with van der Waals surface area (Å²) in [4.78, 5) is 33.1. The molecule has 2 rings (SSSR count). The molecule has 0 aromatic carbocycles. The second kappa shape index (κ2) is 14.0. The zero-order valence-corrected chi connectivity index (χ0v) is 17.1. The van der Waals surface area contributed by atoms with E-state index in [4.69, 9.17) is 0 Å². The molecule has 2 aliphatic carbocycles. The maximum absolute atomic E-state index is 11.3. The molecular formula is C16H27LiO6S2. The zero-order valence-electron chi connectivity index (χ0n) is 15.4. The van der Waals surface area contributed by atoms with Gasteiger partial charge in [0.05, 0.1) is 26.1 Å². The van der Waals surface area contributed by atoms with Gasteiger partial charge < -0.3 is 14.9 Å². The van der Waals surface area contributed by atoms with Gasteiger partial charge >= 0.3 is 30.8 Å². The van der Waals surface area contributed by atoms with Crippen LogP contribution in [0.5, 0.6) is 0 Å². The van der Waals surface area contributed by atoms with Crippen molar-refractivity contribution in [2.75, 3.05) is 14.2 Å². The van der Waals surface area contributed by atoms with Crippen molar-refractivity contribution in [2.45, 2.75) is 55.9 Å². The van der Waals surface area contributed by atoms with Crippen LogP contribution in [0, 0.1) is 11.8 Å². The van der Waals surface area contributed by atoms with Gasteiger partial charge in [0.25, 0.3) is 0 Å². The minimum absolute atomic E-state index is 0. The van der Waals surface area contributed by atoms with Gasteiger partial charge in [0.2, 0.25) is 0 Å². The van der Waals surface area contributed by atoms with Crippen molar-refractivity contribution in [1.82, 2.24) is 0 Å². The fourth-order valence-electron chi connectivity index (χ4n) is 3.07. The Kier molecular flexibility index (Phi) is 15.2. The first kappa shape index (κ1) is 27.1. The first-order valence-electron chi connectivity index (χ1n) is 7.91. The molecule has 2 fully saturated rings. The molecule has 0 heterocycles.